The number of hydrogen-bond donors (Lipinski definition) is 1. The van der Waals surface area contributed by atoms with Crippen molar-refractivity contribution < 1.29 is 26.7 Å². The zero-order chi connectivity index (χ0) is 24.6. The van der Waals surface area contributed by atoms with E-state index in [1.165, 1.54) is 21.7 Å². The molecule has 1 aliphatic rings. The second kappa shape index (κ2) is 10.0. The molecule has 3 atom stereocenters. The monoisotopic (exact) mass is 560 g/mol. The van der Waals surface area contributed by atoms with Gasteiger partial charge in [0.2, 0.25) is 20.0 Å². The number of aliphatic hydroxyl groups excluding tert-OH is 1. The van der Waals surface area contributed by atoms with E-state index in [0.717, 1.165) is 5.56 Å². The van der Waals surface area contributed by atoms with Crippen molar-refractivity contribution in [3.8, 4) is 5.75 Å². The Morgan fingerprint density at radius 2 is 1.88 bits per heavy atom. The number of aliphatic hydroxyl groups is 1. The maximum Gasteiger partial charge on any atom is 0.247 e. The molecular weight excluding hydrogens is 532 g/mol. The third-order valence-corrected chi connectivity index (χ3v) is 10.1. The summed E-state index contributed by atoms with van der Waals surface area (Å²) in [7, 11) is -6.22. The van der Waals surface area contributed by atoms with Crippen LogP contribution < -0.4 is 4.74 Å². The Kier molecular flexibility index (Phi) is 7.92. The highest BCUT2D eigenvalue weighted by Gasteiger charge is 2.39. The van der Waals surface area contributed by atoms with E-state index in [-0.39, 0.29) is 41.2 Å². The highest BCUT2D eigenvalue weighted by molar-refractivity contribution is 9.10. The predicted molar refractivity (Wildman–Crippen MR) is 129 cm³/mol. The molecule has 182 valence electrons. The summed E-state index contributed by atoms with van der Waals surface area (Å²) < 4.78 is 62.2. The first kappa shape index (κ1) is 26.1. The number of fused-ring (bicyclic) bond motifs is 1. The van der Waals surface area contributed by atoms with Crippen molar-refractivity contribution in [3.63, 3.8) is 0 Å². The van der Waals surface area contributed by atoms with Gasteiger partial charge in [-0.1, -0.05) is 40.5 Å². The van der Waals surface area contributed by atoms with Crippen LogP contribution in [0.1, 0.15) is 19.4 Å². The number of benzene rings is 2. The highest BCUT2D eigenvalue weighted by atomic mass is 79.9. The molecule has 33 heavy (non-hydrogen) atoms. The number of aryl methyl sites for hydroxylation is 1. The van der Waals surface area contributed by atoms with Crippen molar-refractivity contribution >= 4 is 36.0 Å². The first-order chi connectivity index (χ1) is 15.4. The zero-order valence-corrected chi connectivity index (χ0v) is 22.2. The Balaban J connectivity index is 2.00. The van der Waals surface area contributed by atoms with E-state index in [1.54, 1.807) is 43.3 Å². The minimum absolute atomic E-state index is 0.0186. The molecule has 11 heteroatoms. The van der Waals surface area contributed by atoms with Gasteiger partial charge in [0.15, 0.2) is 0 Å². The third kappa shape index (κ3) is 5.44. The normalized spacial score (nSPS) is 22.2. The van der Waals surface area contributed by atoms with Crippen LogP contribution in [0, 0.1) is 12.8 Å². The molecule has 0 radical (unpaired) electrons. The smallest absolute Gasteiger partial charge is 0.247 e. The molecule has 1 aliphatic heterocycles. The van der Waals surface area contributed by atoms with Crippen LogP contribution >= 0.6 is 15.9 Å². The summed E-state index contributed by atoms with van der Waals surface area (Å²) in [4.78, 5) is 0.155. The van der Waals surface area contributed by atoms with E-state index < -0.39 is 32.2 Å². The fourth-order valence-electron chi connectivity index (χ4n) is 3.66. The fourth-order valence-corrected chi connectivity index (χ4v) is 7.01. The number of rotatable bonds is 6. The quantitative estimate of drug-likeness (QED) is 0.582. The molecule has 0 bridgehead atoms. The molecule has 0 unspecified atom stereocenters. The molecule has 2 aromatic carbocycles. The van der Waals surface area contributed by atoms with Gasteiger partial charge in [0.1, 0.15) is 16.7 Å². The standard InChI is InChI=1S/C22H29BrN2O6S2/c1-15-5-8-19(9-6-15)32(27,28)24(4)13-21-16(2)12-25(17(3)14-26)33(29,30)22-10-7-18(23)11-20(22)31-21/h5-11,16-17,21,26H,12-14H2,1-4H3/t16-,17-,21+/m0/s1. The number of likely N-dealkylation sites (N-methyl/N-ethyl adjacent to an activating group) is 1. The molecule has 2 aromatic rings. The number of halogens is 1. The molecule has 0 aliphatic carbocycles. The molecule has 1 heterocycles. The first-order valence-corrected chi connectivity index (χ1v) is 14.2. The minimum atomic E-state index is -3.94. The van der Waals surface area contributed by atoms with Crippen LogP contribution in [-0.4, -0.2) is 69.4 Å². The van der Waals surface area contributed by atoms with E-state index in [4.69, 9.17) is 4.74 Å². The van der Waals surface area contributed by atoms with Gasteiger partial charge in [0.25, 0.3) is 0 Å². The lowest BCUT2D eigenvalue weighted by atomic mass is 10.0. The Bertz CT molecular complexity index is 1200. The van der Waals surface area contributed by atoms with Crippen LogP contribution in [-0.2, 0) is 20.0 Å². The van der Waals surface area contributed by atoms with E-state index >= 15 is 0 Å². The second-order valence-corrected chi connectivity index (χ2v) is 13.2. The number of sulfonamides is 2. The van der Waals surface area contributed by atoms with Crippen molar-refractivity contribution in [3.05, 3.63) is 52.5 Å². The van der Waals surface area contributed by atoms with E-state index in [9.17, 15) is 21.9 Å². The lowest BCUT2D eigenvalue weighted by Crippen LogP contribution is -2.50. The number of ether oxygens (including phenoxy) is 1. The maximum atomic E-state index is 13.3. The average molecular weight is 562 g/mol. The van der Waals surface area contributed by atoms with Crippen LogP contribution in [0.4, 0.5) is 0 Å². The predicted octanol–water partition coefficient (Wildman–Crippen LogP) is 2.85. The molecular formula is C22H29BrN2O6S2. The first-order valence-electron chi connectivity index (χ1n) is 10.5. The maximum absolute atomic E-state index is 13.3. The molecule has 0 saturated carbocycles. The van der Waals surface area contributed by atoms with E-state index in [0.29, 0.717) is 4.47 Å². The zero-order valence-electron chi connectivity index (χ0n) is 19.0. The van der Waals surface area contributed by atoms with Crippen LogP contribution in [0.25, 0.3) is 0 Å². The molecule has 0 spiro atoms. The Morgan fingerprint density at radius 1 is 1.24 bits per heavy atom. The van der Waals surface area contributed by atoms with Gasteiger partial charge in [-0.05, 0) is 44.2 Å². The molecule has 1 N–H and O–H groups in total. The summed E-state index contributed by atoms with van der Waals surface area (Å²) in [5.74, 6) is -0.228. The average Bonchev–Trinajstić information content (AvgIpc) is 2.75. The van der Waals surface area contributed by atoms with Crippen LogP contribution in [0.15, 0.2) is 56.7 Å². The second-order valence-electron chi connectivity index (χ2n) is 8.43. The van der Waals surface area contributed by atoms with Crippen molar-refractivity contribution in [1.29, 1.82) is 0 Å². The van der Waals surface area contributed by atoms with Crippen LogP contribution in [0.5, 0.6) is 5.75 Å². The van der Waals surface area contributed by atoms with Crippen molar-refractivity contribution in [2.45, 2.75) is 42.7 Å². The summed E-state index contributed by atoms with van der Waals surface area (Å²) in [5, 5.41) is 9.69. The van der Waals surface area contributed by atoms with Gasteiger partial charge in [-0.25, -0.2) is 16.8 Å². The lowest BCUT2D eigenvalue weighted by molar-refractivity contribution is 0.0904. The van der Waals surface area contributed by atoms with Crippen molar-refractivity contribution in [2.75, 3.05) is 26.7 Å². The molecule has 8 nitrogen and oxygen atoms in total. The number of hydrogen-bond acceptors (Lipinski definition) is 6. The van der Waals surface area contributed by atoms with E-state index in [2.05, 4.69) is 15.9 Å². The Labute approximate surface area is 204 Å². The SMILES string of the molecule is Cc1ccc(S(=O)(=O)N(C)C[C@H]2Oc3cc(Br)ccc3S(=O)(=O)N([C@@H](C)CO)C[C@@H]2C)cc1. The summed E-state index contributed by atoms with van der Waals surface area (Å²) in [5.41, 5.74) is 0.954. The topological polar surface area (TPSA) is 104 Å². The Morgan fingerprint density at radius 3 is 2.48 bits per heavy atom. The molecule has 0 saturated heterocycles. The molecule has 0 amide bonds. The minimum Gasteiger partial charge on any atom is -0.487 e. The van der Waals surface area contributed by atoms with Gasteiger partial charge < -0.3 is 9.84 Å². The van der Waals surface area contributed by atoms with Gasteiger partial charge in [-0.2, -0.15) is 8.61 Å². The van der Waals surface area contributed by atoms with Gasteiger partial charge >= 0.3 is 0 Å². The molecule has 3 rings (SSSR count). The summed E-state index contributed by atoms with van der Waals surface area (Å²) in [6, 6.07) is 10.6. The van der Waals surface area contributed by atoms with Gasteiger partial charge in [0, 0.05) is 30.0 Å². The molecule has 0 fully saturated rings. The van der Waals surface area contributed by atoms with Crippen molar-refractivity contribution in [1.82, 2.24) is 8.61 Å². The van der Waals surface area contributed by atoms with Crippen LogP contribution in [0.3, 0.4) is 0 Å². The van der Waals surface area contributed by atoms with Gasteiger partial charge in [0.05, 0.1) is 18.0 Å². The fraction of sp³-hybridized carbons (Fsp3) is 0.455. The largest absolute Gasteiger partial charge is 0.487 e. The number of nitrogens with zero attached hydrogens (tertiary/aromatic N) is 2. The van der Waals surface area contributed by atoms with Gasteiger partial charge in [-0.15, -0.1) is 0 Å². The summed E-state index contributed by atoms with van der Waals surface area (Å²) >= 11 is 3.35. The lowest BCUT2D eigenvalue weighted by Gasteiger charge is -2.37. The van der Waals surface area contributed by atoms with Crippen LogP contribution in [0.2, 0.25) is 0 Å². The summed E-state index contributed by atoms with van der Waals surface area (Å²) in [6.07, 6.45) is -0.632. The highest BCUT2D eigenvalue weighted by Crippen LogP contribution is 2.35. The molecule has 0 aromatic heterocycles. The van der Waals surface area contributed by atoms with Gasteiger partial charge in [-0.3, -0.25) is 0 Å². The Hall–Kier alpha value is -1.50. The van der Waals surface area contributed by atoms with Crippen molar-refractivity contribution in [2.24, 2.45) is 5.92 Å². The van der Waals surface area contributed by atoms with E-state index in [1.807, 2.05) is 13.8 Å². The summed E-state index contributed by atoms with van der Waals surface area (Å²) in [6.45, 7) is 5.08. The third-order valence-electron chi connectivity index (χ3n) is 5.80.